The van der Waals surface area contributed by atoms with Gasteiger partial charge in [0.25, 0.3) is 5.91 Å². The minimum atomic E-state index is -1.27. The first kappa shape index (κ1) is 21.3. The summed E-state index contributed by atoms with van der Waals surface area (Å²) in [5.41, 5.74) is 1.63. The van der Waals surface area contributed by atoms with Crippen LogP contribution in [-0.4, -0.2) is 46.7 Å². The normalized spacial score (nSPS) is 18.5. The quantitative estimate of drug-likeness (QED) is 0.432. The van der Waals surface area contributed by atoms with E-state index in [1.165, 1.54) is 0 Å². The van der Waals surface area contributed by atoms with E-state index in [9.17, 15) is 19.2 Å². The van der Waals surface area contributed by atoms with E-state index in [-0.39, 0.29) is 17.7 Å². The number of nitrogens with zero attached hydrogens (tertiary/aromatic N) is 1. The van der Waals surface area contributed by atoms with Gasteiger partial charge in [-0.25, -0.2) is 9.59 Å². The highest BCUT2D eigenvalue weighted by molar-refractivity contribution is 6.14. The molecule has 2 aromatic rings. The van der Waals surface area contributed by atoms with Crippen molar-refractivity contribution in [3.8, 4) is 0 Å². The first-order valence-corrected chi connectivity index (χ1v) is 9.70. The third kappa shape index (κ3) is 3.49. The number of aromatic amines is 1. The molecule has 8 nitrogen and oxygen atoms in total. The number of nitrogens with one attached hydrogen (secondary N) is 2. The Bertz CT molecular complexity index is 1040. The van der Waals surface area contributed by atoms with Gasteiger partial charge in [-0.3, -0.25) is 14.5 Å². The summed E-state index contributed by atoms with van der Waals surface area (Å²) in [6.07, 6.45) is 0. The first-order valence-electron chi connectivity index (χ1n) is 9.70. The van der Waals surface area contributed by atoms with Gasteiger partial charge in [-0.15, -0.1) is 0 Å². The van der Waals surface area contributed by atoms with Gasteiger partial charge in [0, 0.05) is 11.4 Å². The molecule has 0 spiro atoms. The Morgan fingerprint density at radius 1 is 1.03 bits per heavy atom. The number of carbonyl (C=O) groups excluding carboxylic acids is 4. The largest absolute Gasteiger partial charge is 0.462 e. The summed E-state index contributed by atoms with van der Waals surface area (Å²) in [4.78, 5) is 54.9. The summed E-state index contributed by atoms with van der Waals surface area (Å²) in [5, 5.41) is 2.69. The minimum absolute atomic E-state index is 0.132. The van der Waals surface area contributed by atoms with Crippen LogP contribution in [0.1, 0.15) is 57.1 Å². The third-order valence-corrected chi connectivity index (χ3v) is 5.34. The molecule has 0 aliphatic carbocycles. The first-order chi connectivity index (χ1) is 14.1. The standard InChI is InChI=1S/C22H25N3O5/c1-6-30-19(27)18-14(4)23-13(3)17(18)16(26)11-25-20(28)22(5,24-21(25)29)15-9-7-12(2)8-10-15/h7-10,23H,6,11H2,1-5H3,(H,24,29)/t22-/m1/s1. The highest BCUT2D eigenvalue weighted by atomic mass is 16.5. The van der Waals surface area contributed by atoms with Gasteiger partial charge >= 0.3 is 12.0 Å². The lowest BCUT2D eigenvalue weighted by Gasteiger charge is -2.22. The monoisotopic (exact) mass is 411 g/mol. The number of urea groups is 1. The van der Waals surface area contributed by atoms with Gasteiger partial charge in [-0.1, -0.05) is 29.8 Å². The van der Waals surface area contributed by atoms with Gasteiger partial charge < -0.3 is 15.0 Å². The molecule has 1 fully saturated rings. The van der Waals surface area contributed by atoms with E-state index in [1.807, 2.05) is 19.1 Å². The van der Waals surface area contributed by atoms with Crippen LogP contribution in [0.3, 0.4) is 0 Å². The number of aromatic nitrogens is 1. The van der Waals surface area contributed by atoms with Gasteiger partial charge in [0.2, 0.25) is 0 Å². The summed E-state index contributed by atoms with van der Waals surface area (Å²) < 4.78 is 5.05. The zero-order chi connectivity index (χ0) is 22.2. The molecule has 1 aliphatic rings. The van der Waals surface area contributed by atoms with Crippen molar-refractivity contribution >= 4 is 23.7 Å². The molecule has 2 N–H and O–H groups in total. The van der Waals surface area contributed by atoms with Crippen LogP contribution in [0.15, 0.2) is 24.3 Å². The molecule has 8 heteroatoms. The highest BCUT2D eigenvalue weighted by Gasteiger charge is 2.49. The van der Waals surface area contributed by atoms with Gasteiger partial charge in [0.15, 0.2) is 5.78 Å². The molecular formula is C22H25N3O5. The lowest BCUT2D eigenvalue weighted by molar-refractivity contribution is -0.130. The summed E-state index contributed by atoms with van der Waals surface area (Å²) >= 11 is 0. The molecule has 158 valence electrons. The number of esters is 1. The Morgan fingerprint density at radius 3 is 2.23 bits per heavy atom. The summed E-state index contributed by atoms with van der Waals surface area (Å²) in [5.74, 6) is -1.66. The number of hydrogen-bond acceptors (Lipinski definition) is 5. The molecule has 30 heavy (non-hydrogen) atoms. The highest BCUT2D eigenvalue weighted by Crippen LogP contribution is 2.30. The molecule has 1 aliphatic heterocycles. The summed E-state index contributed by atoms with van der Waals surface area (Å²) in [6, 6.07) is 6.60. The van der Waals surface area contributed by atoms with Gasteiger partial charge in [-0.2, -0.15) is 0 Å². The number of carbonyl (C=O) groups is 4. The van der Waals surface area contributed by atoms with E-state index in [1.54, 1.807) is 39.8 Å². The average Bonchev–Trinajstić information content (AvgIpc) is 3.10. The molecule has 2 heterocycles. The smallest absolute Gasteiger partial charge is 0.340 e. The van der Waals surface area contributed by atoms with Crippen molar-refractivity contribution in [1.29, 1.82) is 0 Å². The molecule has 0 radical (unpaired) electrons. The van der Waals surface area contributed by atoms with Crippen LogP contribution in [0.2, 0.25) is 0 Å². The number of ketones is 1. The fourth-order valence-electron chi connectivity index (χ4n) is 3.73. The Hall–Kier alpha value is -3.42. The molecule has 1 aromatic carbocycles. The lowest BCUT2D eigenvalue weighted by Crippen LogP contribution is -2.41. The van der Waals surface area contributed by atoms with Crippen LogP contribution < -0.4 is 5.32 Å². The third-order valence-electron chi connectivity index (χ3n) is 5.34. The van der Waals surface area contributed by atoms with E-state index >= 15 is 0 Å². The van der Waals surface area contributed by atoms with Gasteiger partial charge in [0.05, 0.1) is 24.3 Å². The minimum Gasteiger partial charge on any atom is -0.462 e. The summed E-state index contributed by atoms with van der Waals surface area (Å²) in [7, 11) is 0. The number of hydrogen-bond donors (Lipinski definition) is 2. The van der Waals surface area contributed by atoms with E-state index in [0.717, 1.165) is 10.5 Å². The second-order valence-electron chi connectivity index (χ2n) is 7.58. The van der Waals surface area contributed by atoms with Crippen molar-refractivity contribution in [1.82, 2.24) is 15.2 Å². The topological polar surface area (TPSA) is 109 Å². The van der Waals surface area contributed by atoms with Crippen LogP contribution in [0, 0.1) is 20.8 Å². The van der Waals surface area contributed by atoms with Crippen LogP contribution in [0.25, 0.3) is 0 Å². The number of imide groups is 1. The Kier molecular flexibility index (Phi) is 5.52. The van der Waals surface area contributed by atoms with E-state index < -0.39 is 35.8 Å². The van der Waals surface area contributed by atoms with Crippen molar-refractivity contribution in [2.75, 3.05) is 13.2 Å². The number of Topliss-reactive ketones (excluding diaryl/α,β-unsaturated/α-hetero) is 1. The second kappa shape index (κ2) is 7.78. The van der Waals surface area contributed by atoms with Crippen LogP contribution in [0.5, 0.6) is 0 Å². The van der Waals surface area contributed by atoms with Crippen molar-refractivity contribution in [3.05, 3.63) is 57.9 Å². The maximum Gasteiger partial charge on any atom is 0.340 e. The van der Waals surface area contributed by atoms with Crippen molar-refractivity contribution in [3.63, 3.8) is 0 Å². The predicted octanol–water partition coefficient (Wildman–Crippen LogP) is 2.77. The molecule has 1 atom stereocenters. The van der Waals surface area contributed by atoms with Crippen LogP contribution in [-0.2, 0) is 15.1 Å². The number of ether oxygens (including phenoxy) is 1. The number of benzene rings is 1. The Balaban J connectivity index is 1.89. The van der Waals surface area contributed by atoms with Crippen LogP contribution in [0.4, 0.5) is 4.79 Å². The maximum absolute atomic E-state index is 13.1. The molecular weight excluding hydrogens is 386 g/mol. The summed E-state index contributed by atoms with van der Waals surface area (Å²) in [6.45, 7) is 8.22. The van der Waals surface area contributed by atoms with E-state index in [4.69, 9.17) is 4.74 Å². The van der Waals surface area contributed by atoms with Crippen molar-refractivity contribution < 1.29 is 23.9 Å². The molecule has 1 aromatic heterocycles. The molecule has 0 unspecified atom stereocenters. The molecule has 3 amide bonds. The number of rotatable bonds is 6. The number of amides is 3. The van der Waals surface area contributed by atoms with E-state index in [2.05, 4.69) is 10.3 Å². The maximum atomic E-state index is 13.1. The Morgan fingerprint density at radius 2 is 1.63 bits per heavy atom. The molecule has 1 saturated heterocycles. The number of aryl methyl sites for hydroxylation is 3. The van der Waals surface area contributed by atoms with Crippen molar-refractivity contribution in [2.24, 2.45) is 0 Å². The average molecular weight is 411 g/mol. The second-order valence-corrected chi connectivity index (χ2v) is 7.58. The van der Waals surface area contributed by atoms with Gasteiger partial charge in [0.1, 0.15) is 5.54 Å². The fourth-order valence-corrected chi connectivity index (χ4v) is 3.73. The molecule has 0 bridgehead atoms. The predicted molar refractivity (Wildman–Crippen MR) is 109 cm³/mol. The Labute approximate surface area is 174 Å². The fraction of sp³-hybridized carbons (Fsp3) is 0.364. The number of H-pyrrole nitrogens is 1. The molecule has 0 saturated carbocycles. The van der Waals surface area contributed by atoms with Crippen LogP contribution >= 0.6 is 0 Å². The zero-order valence-corrected chi connectivity index (χ0v) is 17.7. The van der Waals surface area contributed by atoms with Crippen molar-refractivity contribution in [2.45, 2.75) is 40.2 Å². The SMILES string of the molecule is CCOC(=O)c1c(C)[nH]c(C)c1C(=O)CN1C(=O)N[C@](C)(c2ccc(C)cc2)C1=O. The molecule has 3 rings (SSSR count). The van der Waals surface area contributed by atoms with E-state index in [0.29, 0.717) is 17.0 Å². The zero-order valence-electron chi connectivity index (χ0n) is 17.7. The van der Waals surface area contributed by atoms with Gasteiger partial charge in [-0.05, 0) is 40.2 Å². The lowest BCUT2D eigenvalue weighted by atomic mass is 9.91.